The van der Waals surface area contributed by atoms with Gasteiger partial charge in [0.05, 0.1) is 16.5 Å². The van der Waals surface area contributed by atoms with Crippen molar-refractivity contribution in [3.05, 3.63) is 21.6 Å². The second-order valence-corrected chi connectivity index (χ2v) is 9.62. The van der Waals surface area contributed by atoms with Crippen LogP contribution in [0.2, 0.25) is 5.02 Å². The predicted molar refractivity (Wildman–Crippen MR) is 90.7 cm³/mol. The summed E-state index contributed by atoms with van der Waals surface area (Å²) in [5.41, 5.74) is 0.482. The zero-order valence-corrected chi connectivity index (χ0v) is 15.7. The summed E-state index contributed by atoms with van der Waals surface area (Å²) in [6.45, 7) is 0.238. The van der Waals surface area contributed by atoms with Crippen LogP contribution in [0.3, 0.4) is 0 Å². The number of hydrogen-bond acceptors (Lipinski definition) is 5. The number of hydrogen-bond donors (Lipinski definition) is 0. The fourth-order valence-corrected chi connectivity index (χ4v) is 4.92. The normalized spacial score (nSPS) is 18.5. The SMILES string of the molecule is N#CSc1cc(Cl)c(N2CC(CS(=O)(=O)Cl)CC2=O)cc1Br. The van der Waals surface area contributed by atoms with Gasteiger partial charge >= 0.3 is 0 Å². The Morgan fingerprint density at radius 2 is 2.18 bits per heavy atom. The van der Waals surface area contributed by atoms with Gasteiger partial charge in [0.2, 0.25) is 15.0 Å². The summed E-state index contributed by atoms with van der Waals surface area (Å²) >= 11 is 10.5. The number of benzene rings is 1. The molecule has 0 radical (unpaired) electrons. The van der Waals surface area contributed by atoms with Crippen LogP contribution in [0.5, 0.6) is 0 Å². The second-order valence-electron chi connectivity index (χ2n) is 4.71. The zero-order valence-electron chi connectivity index (χ0n) is 10.9. The van der Waals surface area contributed by atoms with E-state index in [9.17, 15) is 13.2 Å². The van der Waals surface area contributed by atoms with Crippen molar-refractivity contribution in [3.63, 3.8) is 0 Å². The largest absolute Gasteiger partial charge is 0.311 e. The Balaban J connectivity index is 2.27. The van der Waals surface area contributed by atoms with Gasteiger partial charge in [-0.05, 0) is 39.8 Å². The Morgan fingerprint density at radius 1 is 1.50 bits per heavy atom. The lowest BCUT2D eigenvalue weighted by Gasteiger charge is -2.19. The van der Waals surface area contributed by atoms with E-state index in [-0.39, 0.29) is 30.5 Å². The first kappa shape index (κ1) is 17.9. The number of nitriles is 1. The fraction of sp³-hybridized carbons (Fsp3) is 0.333. The molecule has 0 N–H and O–H groups in total. The number of thioether (sulfide) groups is 1. The van der Waals surface area contributed by atoms with Crippen molar-refractivity contribution in [3.8, 4) is 5.40 Å². The van der Waals surface area contributed by atoms with Crippen LogP contribution in [0.4, 0.5) is 5.69 Å². The average Bonchev–Trinajstić information content (AvgIpc) is 2.72. The van der Waals surface area contributed by atoms with Crippen molar-refractivity contribution in [2.45, 2.75) is 11.3 Å². The van der Waals surface area contributed by atoms with Crippen LogP contribution in [0, 0.1) is 16.6 Å². The summed E-state index contributed by atoms with van der Waals surface area (Å²) in [7, 11) is 1.58. The maximum Gasteiger partial charge on any atom is 0.232 e. The van der Waals surface area contributed by atoms with E-state index >= 15 is 0 Å². The van der Waals surface area contributed by atoms with E-state index in [1.807, 2.05) is 5.40 Å². The van der Waals surface area contributed by atoms with Gasteiger partial charge in [-0.15, -0.1) is 0 Å². The highest BCUT2D eigenvalue weighted by atomic mass is 79.9. The Kier molecular flexibility index (Phi) is 5.67. The molecule has 1 fully saturated rings. The van der Waals surface area contributed by atoms with Gasteiger partial charge in [-0.25, -0.2) is 8.42 Å². The Labute approximate surface area is 150 Å². The van der Waals surface area contributed by atoms with Crippen LogP contribution in [0.1, 0.15) is 6.42 Å². The number of nitrogens with zero attached hydrogens (tertiary/aromatic N) is 2. The highest BCUT2D eigenvalue weighted by Crippen LogP contribution is 2.39. The minimum atomic E-state index is -3.66. The quantitative estimate of drug-likeness (QED) is 0.403. The first-order valence-corrected chi connectivity index (χ1v) is 10.5. The molecule has 10 heteroatoms. The van der Waals surface area contributed by atoms with Crippen molar-refractivity contribution in [1.29, 1.82) is 5.26 Å². The van der Waals surface area contributed by atoms with Crippen LogP contribution in [-0.2, 0) is 13.8 Å². The van der Waals surface area contributed by atoms with E-state index in [2.05, 4.69) is 15.9 Å². The third-order valence-corrected chi connectivity index (χ3v) is 6.21. The minimum Gasteiger partial charge on any atom is -0.311 e. The van der Waals surface area contributed by atoms with Gasteiger partial charge in [-0.2, -0.15) is 5.26 Å². The molecule has 0 spiro atoms. The summed E-state index contributed by atoms with van der Waals surface area (Å²) in [6, 6.07) is 3.24. The summed E-state index contributed by atoms with van der Waals surface area (Å²) in [5, 5.41) is 11.0. The molecule has 0 aliphatic carbocycles. The monoisotopic (exact) mass is 442 g/mol. The molecule has 0 bridgehead atoms. The molecule has 1 aliphatic heterocycles. The van der Waals surface area contributed by atoms with Crippen LogP contribution >= 0.6 is 50.0 Å². The molecular weight excluding hydrogens is 435 g/mol. The standard InChI is InChI=1S/C12H9BrCl2N2O3S2/c13-8-2-10(9(14)3-11(8)21-6-16)17-4-7(1-12(17)18)5-22(15,19)20/h2-3,7H,1,4-5H2. The van der Waals surface area contributed by atoms with Crippen molar-refractivity contribution in [1.82, 2.24) is 0 Å². The molecule has 1 aromatic carbocycles. The van der Waals surface area contributed by atoms with Crippen LogP contribution < -0.4 is 4.90 Å². The summed E-state index contributed by atoms with van der Waals surface area (Å²) < 4.78 is 22.9. The zero-order chi connectivity index (χ0) is 16.5. The number of halogens is 3. The molecule has 1 amide bonds. The van der Waals surface area contributed by atoms with E-state index in [0.717, 1.165) is 11.8 Å². The van der Waals surface area contributed by atoms with E-state index in [1.54, 1.807) is 12.1 Å². The van der Waals surface area contributed by atoms with E-state index in [1.165, 1.54) is 4.90 Å². The van der Waals surface area contributed by atoms with Gasteiger partial charge in [0.25, 0.3) is 0 Å². The number of amides is 1. The van der Waals surface area contributed by atoms with Gasteiger partial charge in [-0.1, -0.05) is 11.6 Å². The van der Waals surface area contributed by atoms with Crippen LogP contribution in [-0.4, -0.2) is 26.6 Å². The average molecular weight is 444 g/mol. The topological polar surface area (TPSA) is 78.2 Å². The molecule has 0 saturated carbocycles. The summed E-state index contributed by atoms with van der Waals surface area (Å²) in [4.78, 5) is 14.2. The van der Waals surface area contributed by atoms with Gasteiger partial charge in [0, 0.05) is 38.9 Å². The van der Waals surface area contributed by atoms with Crippen LogP contribution in [0.25, 0.3) is 0 Å². The fourth-order valence-electron chi connectivity index (χ4n) is 2.26. The molecule has 22 heavy (non-hydrogen) atoms. The highest BCUT2D eigenvalue weighted by molar-refractivity contribution is 9.10. The van der Waals surface area contributed by atoms with Crippen molar-refractivity contribution in [2.24, 2.45) is 5.92 Å². The number of carbonyl (C=O) groups excluding carboxylic acids is 1. The second kappa shape index (κ2) is 6.97. The van der Waals surface area contributed by atoms with Gasteiger partial charge < -0.3 is 4.90 Å². The van der Waals surface area contributed by atoms with Crippen molar-refractivity contribution in [2.75, 3.05) is 17.2 Å². The maximum absolute atomic E-state index is 12.1. The van der Waals surface area contributed by atoms with Crippen molar-refractivity contribution >= 4 is 70.6 Å². The number of anilines is 1. The number of carbonyl (C=O) groups is 1. The molecule has 118 valence electrons. The smallest absolute Gasteiger partial charge is 0.232 e. The molecule has 1 heterocycles. The minimum absolute atomic E-state index is 0.106. The Hall–Kier alpha value is -0.460. The third-order valence-electron chi connectivity index (χ3n) is 3.09. The summed E-state index contributed by atoms with van der Waals surface area (Å²) in [5.74, 6) is -0.824. The maximum atomic E-state index is 12.1. The molecule has 1 saturated heterocycles. The lowest BCUT2D eigenvalue weighted by Crippen LogP contribution is -2.25. The highest BCUT2D eigenvalue weighted by Gasteiger charge is 2.34. The first-order chi connectivity index (χ1) is 10.2. The van der Waals surface area contributed by atoms with E-state index < -0.39 is 9.05 Å². The molecule has 1 aliphatic rings. The first-order valence-electron chi connectivity index (χ1n) is 5.99. The molecule has 1 atom stereocenters. The van der Waals surface area contributed by atoms with Gasteiger partial charge in [0.1, 0.15) is 5.40 Å². The lowest BCUT2D eigenvalue weighted by atomic mass is 10.1. The summed E-state index contributed by atoms with van der Waals surface area (Å²) in [6.07, 6.45) is 0.106. The molecule has 2 rings (SSSR count). The molecular formula is C12H9BrCl2N2O3S2. The Bertz CT molecular complexity index is 764. The molecule has 0 aromatic heterocycles. The predicted octanol–water partition coefficient (Wildman–Crippen LogP) is 3.60. The lowest BCUT2D eigenvalue weighted by molar-refractivity contribution is -0.117. The van der Waals surface area contributed by atoms with Crippen molar-refractivity contribution < 1.29 is 13.2 Å². The van der Waals surface area contributed by atoms with Crippen LogP contribution in [0.15, 0.2) is 21.5 Å². The molecule has 5 nitrogen and oxygen atoms in total. The van der Waals surface area contributed by atoms with E-state index in [0.29, 0.717) is 20.1 Å². The van der Waals surface area contributed by atoms with E-state index in [4.69, 9.17) is 27.5 Å². The van der Waals surface area contributed by atoms with Gasteiger partial charge in [0.15, 0.2) is 0 Å². The number of rotatable bonds is 4. The Morgan fingerprint density at radius 3 is 2.77 bits per heavy atom. The third kappa shape index (κ3) is 4.30. The van der Waals surface area contributed by atoms with Gasteiger partial charge in [-0.3, -0.25) is 4.79 Å². The molecule has 1 unspecified atom stereocenters. The number of thiocyanates is 1. The molecule has 1 aromatic rings.